The maximum absolute atomic E-state index is 15.8. The number of carbonyl (C=O) groups excluding carboxylic acids is 2. The Hall–Kier alpha value is -3.82. The van der Waals surface area contributed by atoms with Gasteiger partial charge in [-0.2, -0.15) is 13.2 Å². The fourth-order valence-electron chi connectivity index (χ4n) is 5.49. The molecule has 15 heteroatoms. The van der Waals surface area contributed by atoms with Crippen LogP contribution in [0.2, 0.25) is 0 Å². The van der Waals surface area contributed by atoms with E-state index in [1.807, 2.05) is 32.8 Å². The molecular weight excluding hydrogens is 602 g/mol. The minimum atomic E-state index is -4.96. The van der Waals surface area contributed by atoms with Crippen molar-refractivity contribution in [2.24, 2.45) is 0 Å². The molecule has 0 saturated carbocycles. The van der Waals surface area contributed by atoms with Crippen LogP contribution in [0.25, 0.3) is 0 Å². The van der Waals surface area contributed by atoms with Crippen molar-refractivity contribution in [3.05, 3.63) is 68.4 Å². The summed E-state index contributed by atoms with van der Waals surface area (Å²) < 4.78 is 57.1. The monoisotopic (exact) mass is 636 g/mol. The second-order valence-corrected chi connectivity index (χ2v) is 12.4. The van der Waals surface area contributed by atoms with Crippen LogP contribution < -0.4 is 21.1 Å². The molecular formula is C29H34F4N7O3S. The molecule has 3 aliphatic rings. The molecule has 5 rings (SSSR count). The number of nitrogens with one attached hydrogen (secondary N) is 3. The summed E-state index contributed by atoms with van der Waals surface area (Å²) in [5, 5.41) is 5.50. The van der Waals surface area contributed by atoms with Gasteiger partial charge in [0.25, 0.3) is 11.8 Å². The van der Waals surface area contributed by atoms with E-state index in [0.717, 1.165) is 24.4 Å². The molecule has 2 amide bonds. The van der Waals surface area contributed by atoms with Gasteiger partial charge in [0.1, 0.15) is 15.7 Å². The van der Waals surface area contributed by atoms with Crippen LogP contribution in [0.3, 0.4) is 0 Å². The summed E-state index contributed by atoms with van der Waals surface area (Å²) in [6.45, 7) is 7.56. The molecule has 2 aromatic rings. The second-order valence-electron chi connectivity index (χ2n) is 11.4. The van der Waals surface area contributed by atoms with Gasteiger partial charge in [0, 0.05) is 81.4 Å². The number of piperazine rings is 2. The van der Waals surface area contributed by atoms with E-state index < -0.39 is 34.6 Å². The van der Waals surface area contributed by atoms with Gasteiger partial charge in [-0.1, -0.05) is 0 Å². The summed E-state index contributed by atoms with van der Waals surface area (Å²) in [5.41, 5.74) is -2.74. The van der Waals surface area contributed by atoms with Gasteiger partial charge in [0.2, 0.25) is 5.56 Å². The minimum Gasteiger partial charge on any atom is -0.367 e. The Kier molecular flexibility index (Phi) is 8.82. The summed E-state index contributed by atoms with van der Waals surface area (Å²) in [7, 11) is 3.95. The Morgan fingerprint density at radius 2 is 1.68 bits per heavy atom. The van der Waals surface area contributed by atoms with Crippen molar-refractivity contribution < 1.29 is 27.2 Å². The maximum Gasteiger partial charge on any atom is 0.417 e. The lowest BCUT2D eigenvalue weighted by molar-refractivity contribution is -0.138. The quantitative estimate of drug-likeness (QED) is 0.343. The molecule has 0 spiro atoms. The molecule has 2 fully saturated rings. The summed E-state index contributed by atoms with van der Waals surface area (Å²) in [6.07, 6.45) is -2.74. The van der Waals surface area contributed by atoms with E-state index in [1.54, 1.807) is 4.90 Å². The smallest absolute Gasteiger partial charge is 0.367 e. The lowest BCUT2D eigenvalue weighted by Crippen LogP contribution is -2.55. The predicted octanol–water partition coefficient (Wildman–Crippen LogP) is 2.74. The predicted molar refractivity (Wildman–Crippen MR) is 162 cm³/mol. The highest BCUT2D eigenvalue weighted by Crippen LogP contribution is 2.35. The summed E-state index contributed by atoms with van der Waals surface area (Å²) in [5.74, 6) is -1.94. The number of aromatic nitrogens is 1. The first-order valence-corrected chi connectivity index (χ1v) is 15.0. The van der Waals surface area contributed by atoms with Crippen LogP contribution in [-0.4, -0.2) is 102 Å². The number of benzene rings is 1. The molecule has 0 aliphatic carbocycles. The van der Waals surface area contributed by atoms with Crippen LogP contribution in [0, 0.1) is 5.82 Å². The van der Waals surface area contributed by atoms with E-state index in [4.69, 9.17) is 0 Å². The zero-order valence-corrected chi connectivity index (χ0v) is 25.5. The first-order chi connectivity index (χ1) is 20.7. The van der Waals surface area contributed by atoms with Crippen LogP contribution in [-0.2, 0) is 11.0 Å². The Labute approximate surface area is 255 Å². The van der Waals surface area contributed by atoms with Gasteiger partial charge in [0.15, 0.2) is 0 Å². The normalized spacial score (nSPS) is 21.5. The first-order valence-electron chi connectivity index (χ1n) is 14.1. The van der Waals surface area contributed by atoms with Crippen molar-refractivity contribution in [3.63, 3.8) is 0 Å². The lowest BCUT2D eigenvalue weighted by atomic mass is 10.0. The molecule has 3 N–H and O–H groups in total. The van der Waals surface area contributed by atoms with Crippen LogP contribution in [0.15, 0.2) is 40.3 Å². The third kappa shape index (κ3) is 6.49. The van der Waals surface area contributed by atoms with E-state index in [1.165, 1.54) is 18.3 Å². The van der Waals surface area contributed by atoms with Gasteiger partial charge < -0.3 is 30.3 Å². The average molecular weight is 637 g/mol. The maximum atomic E-state index is 15.8. The zero-order chi connectivity index (χ0) is 31.9. The van der Waals surface area contributed by atoms with Crippen molar-refractivity contribution in [2.45, 2.75) is 32.1 Å². The highest BCUT2D eigenvalue weighted by atomic mass is 32.1. The van der Waals surface area contributed by atoms with Crippen LogP contribution >= 0.6 is 11.4 Å². The number of aromatic amines is 1. The molecule has 1 radical (unpaired) electrons. The Morgan fingerprint density at radius 3 is 2.32 bits per heavy atom. The fraction of sp³-hybridized carbons (Fsp3) is 0.448. The molecule has 2 saturated heterocycles. The third-order valence-corrected chi connectivity index (χ3v) is 9.35. The molecule has 237 valence electrons. The van der Waals surface area contributed by atoms with Crippen LogP contribution in [0.4, 0.5) is 28.9 Å². The van der Waals surface area contributed by atoms with Crippen LogP contribution in [0.5, 0.6) is 0 Å². The minimum absolute atomic E-state index is 0.0409. The van der Waals surface area contributed by atoms with E-state index in [2.05, 4.69) is 25.4 Å². The van der Waals surface area contributed by atoms with Crippen molar-refractivity contribution in [3.8, 4) is 0 Å². The molecule has 44 heavy (non-hydrogen) atoms. The molecule has 4 heterocycles. The number of pyridine rings is 1. The molecule has 2 atom stereocenters. The van der Waals surface area contributed by atoms with Crippen molar-refractivity contribution in [1.82, 2.24) is 25.0 Å². The van der Waals surface area contributed by atoms with Gasteiger partial charge in [-0.25, -0.2) is 4.39 Å². The molecule has 0 bridgehead atoms. The van der Waals surface area contributed by atoms with E-state index in [0.29, 0.717) is 54.0 Å². The molecule has 1 aromatic heterocycles. The molecule has 0 unspecified atom stereocenters. The standard InChI is InChI=1S/C29H34F4N7O3S/c1-16-14-40(15-17(2)38(16)4)23-11-21(30)18(27-35-13-24(44-27)28(43)39-7-5-37(3)6-8-39)9-22(23)36-26(42)19-12-34-25(41)10-20(19)29(31,32)33/h9-13,16-17,35H,5-8,14-15H2,1-4H3,(H,34,41)(H,36,42)/t16-,17+. The number of nitrogens with zero attached hydrogens (tertiary/aromatic N) is 4. The number of rotatable bonds is 5. The van der Waals surface area contributed by atoms with E-state index in [-0.39, 0.29) is 29.2 Å². The van der Waals surface area contributed by atoms with Gasteiger partial charge in [-0.3, -0.25) is 19.3 Å². The Morgan fingerprint density at radius 1 is 1.02 bits per heavy atom. The number of hydrogen-bond donors (Lipinski definition) is 3. The van der Waals surface area contributed by atoms with E-state index in [9.17, 15) is 27.6 Å². The Bertz CT molecular complexity index is 1570. The number of anilines is 2. The van der Waals surface area contributed by atoms with Crippen molar-refractivity contribution >= 4 is 39.5 Å². The first kappa shape index (κ1) is 31.6. The molecule has 1 aromatic carbocycles. The number of amides is 2. The molecule has 3 aliphatic heterocycles. The summed E-state index contributed by atoms with van der Waals surface area (Å²) in [4.78, 5) is 48.8. The van der Waals surface area contributed by atoms with Crippen molar-refractivity contribution in [2.75, 3.05) is 63.6 Å². The van der Waals surface area contributed by atoms with Crippen molar-refractivity contribution in [1.29, 1.82) is 0 Å². The van der Waals surface area contributed by atoms with Gasteiger partial charge in [0.05, 0.1) is 22.5 Å². The van der Waals surface area contributed by atoms with Gasteiger partial charge >= 0.3 is 6.18 Å². The number of carbonyl (C=O) groups is 2. The lowest BCUT2D eigenvalue weighted by Gasteiger charge is -2.44. The number of hydrogen-bond acceptors (Lipinski definition) is 7. The van der Waals surface area contributed by atoms with Crippen LogP contribution in [0.1, 0.15) is 35.3 Å². The van der Waals surface area contributed by atoms with E-state index >= 15 is 4.39 Å². The number of likely N-dealkylation sites (N-methyl/N-ethyl adjacent to an activating group) is 2. The summed E-state index contributed by atoms with van der Waals surface area (Å²) >= 11 is 1.05. The fourth-order valence-corrected chi connectivity index (χ4v) is 6.43. The zero-order valence-electron chi connectivity index (χ0n) is 24.7. The average Bonchev–Trinajstić information content (AvgIpc) is 3.46. The van der Waals surface area contributed by atoms with Gasteiger partial charge in [-0.05, 0) is 34.0 Å². The number of halogens is 4. The number of H-pyrrole nitrogens is 1. The SMILES string of the molecule is C[C@@H]1CN(c2cc(F)c(C3=[S]C(C(=O)N4CCN(C)CC4)=CN3)cc2NC(=O)c2c[nH]c(=O)cc2C(F)(F)F)C[C@H](C)N1C. The third-order valence-electron chi connectivity index (χ3n) is 8.30. The number of alkyl halides is 3. The molecule has 10 nitrogen and oxygen atoms in total. The highest BCUT2D eigenvalue weighted by Gasteiger charge is 2.37. The summed E-state index contributed by atoms with van der Waals surface area (Å²) in [6, 6.07) is 3.07. The second kappa shape index (κ2) is 12.3. The largest absolute Gasteiger partial charge is 0.417 e. The Balaban J connectivity index is 1.51. The highest BCUT2D eigenvalue weighted by molar-refractivity contribution is 8.03. The topological polar surface area (TPSA) is 104 Å². The van der Waals surface area contributed by atoms with Gasteiger partial charge in [-0.15, -0.1) is 11.4 Å².